The Labute approximate surface area is 245 Å². The molecule has 1 aromatic heterocycles. The summed E-state index contributed by atoms with van der Waals surface area (Å²) >= 11 is 6.68. The number of carbonyl (C=O) groups excluding carboxylic acids is 1. The third-order valence-corrected chi connectivity index (χ3v) is 9.01. The first-order chi connectivity index (χ1) is 19.8. The number of likely N-dealkylation sites (N-methyl/N-ethyl adjacent to an activating group) is 1. The van der Waals surface area contributed by atoms with Gasteiger partial charge in [-0.1, -0.05) is 42.4 Å². The van der Waals surface area contributed by atoms with Crippen LogP contribution in [0.1, 0.15) is 31.0 Å². The van der Waals surface area contributed by atoms with Gasteiger partial charge in [-0.2, -0.15) is 9.97 Å². The van der Waals surface area contributed by atoms with Crippen molar-refractivity contribution in [3.63, 3.8) is 0 Å². The summed E-state index contributed by atoms with van der Waals surface area (Å²) in [6.07, 6.45) is 3.01. The van der Waals surface area contributed by atoms with Crippen molar-refractivity contribution in [3.05, 3.63) is 65.1 Å². The Kier molecular flexibility index (Phi) is 7.74. The second-order valence-electron chi connectivity index (χ2n) is 11.3. The number of anilines is 2. The van der Waals surface area contributed by atoms with Crippen molar-refractivity contribution in [2.75, 3.05) is 56.2 Å². The number of nitrogens with zero attached hydrogens (tertiary/aromatic N) is 6. The molecule has 1 amide bonds. The summed E-state index contributed by atoms with van der Waals surface area (Å²) in [5.74, 6) is -0.722. The van der Waals surface area contributed by atoms with E-state index in [1.807, 2.05) is 19.1 Å². The van der Waals surface area contributed by atoms with E-state index in [-0.39, 0.29) is 6.04 Å². The molecule has 2 aromatic carbocycles. The summed E-state index contributed by atoms with van der Waals surface area (Å²) in [5, 5.41) is 2.87. The molecule has 0 bridgehead atoms. The molecule has 3 aliphatic rings. The Hall–Kier alpha value is -3.43. The highest BCUT2D eigenvalue weighted by Crippen LogP contribution is 2.37. The lowest BCUT2D eigenvalue weighted by molar-refractivity contribution is -0.131. The largest absolute Gasteiger partial charge is 0.462 e. The lowest BCUT2D eigenvalue weighted by atomic mass is 10.0. The van der Waals surface area contributed by atoms with E-state index in [0.29, 0.717) is 44.8 Å². The SMILES string of the molecule is C=C(F)C(=O)N1CCN(c2nc(OCC3CCCN3C)nc3c2CCN(c2cccc4cccc(Cl)c24)C3)CC1C. The highest BCUT2D eigenvalue weighted by Gasteiger charge is 2.33. The van der Waals surface area contributed by atoms with Crippen molar-refractivity contribution in [1.82, 2.24) is 19.8 Å². The van der Waals surface area contributed by atoms with Gasteiger partial charge < -0.3 is 24.3 Å². The summed E-state index contributed by atoms with van der Waals surface area (Å²) in [4.78, 5) is 30.6. The summed E-state index contributed by atoms with van der Waals surface area (Å²) in [6.45, 7) is 9.60. The molecule has 0 saturated carbocycles. The molecule has 0 aliphatic carbocycles. The van der Waals surface area contributed by atoms with Crippen LogP contribution in [0.25, 0.3) is 10.8 Å². The van der Waals surface area contributed by atoms with Crippen LogP contribution in [-0.2, 0) is 17.8 Å². The number of aromatic nitrogens is 2. The smallest absolute Gasteiger partial charge is 0.318 e. The number of likely N-dealkylation sites (tertiary alicyclic amines) is 1. The van der Waals surface area contributed by atoms with Crippen molar-refractivity contribution in [3.8, 4) is 6.01 Å². The molecular formula is C31H36ClFN6O2. The molecule has 3 aromatic rings. The third kappa shape index (κ3) is 5.45. The molecular weight excluding hydrogens is 543 g/mol. The Morgan fingerprint density at radius 3 is 2.66 bits per heavy atom. The van der Waals surface area contributed by atoms with E-state index < -0.39 is 11.7 Å². The van der Waals surface area contributed by atoms with E-state index in [0.717, 1.165) is 70.9 Å². The van der Waals surface area contributed by atoms with Crippen LogP contribution in [0, 0.1) is 0 Å². The van der Waals surface area contributed by atoms with Gasteiger partial charge in [-0.25, -0.2) is 4.39 Å². The first kappa shape index (κ1) is 27.7. The van der Waals surface area contributed by atoms with E-state index >= 15 is 0 Å². The van der Waals surface area contributed by atoms with Crippen molar-refractivity contribution in [2.45, 2.75) is 44.8 Å². The van der Waals surface area contributed by atoms with Crippen LogP contribution in [0.2, 0.25) is 5.02 Å². The van der Waals surface area contributed by atoms with Gasteiger partial charge in [-0.3, -0.25) is 4.79 Å². The lowest BCUT2D eigenvalue weighted by Crippen LogP contribution is -2.54. The molecule has 6 rings (SSSR count). The van der Waals surface area contributed by atoms with Gasteiger partial charge in [0.05, 0.1) is 17.3 Å². The van der Waals surface area contributed by atoms with Crippen LogP contribution < -0.4 is 14.5 Å². The zero-order valence-corrected chi connectivity index (χ0v) is 24.4. The maximum atomic E-state index is 13.6. The van der Waals surface area contributed by atoms with Crippen molar-refractivity contribution in [1.29, 1.82) is 0 Å². The number of carbonyl (C=O) groups is 1. The van der Waals surface area contributed by atoms with Gasteiger partial charge in [0.2, 0.25) is 0 Å². The quantitative estimate of drug-likeness (QED) is 0.388. The molecule has 2 saturated heterocycles. The molecule has 0 N–H and O–H groups in total. The Bertz CT molecular complexity index is 1480. The van der Waals surface area contributed by atoms with Crippen LogP contribution in [0.4, 0.5) is 15.9 Å². The highest BCUT2D eigenvalue weighted by atomic mass is 35.5. The number of ether oxygens (including phenoxy) is 1. The fourth-order valence-electron chi connectivity index (χ4n) is 6.43. The third-order valence-electron chi connectivity index (χ3n) is 8.69. The second kappa shape index (κ2) is 11.4. The highest BCUT2D eigenvalue weighted by molar-refractivity contribution is 6.36. The number of halogens is 2. The molecule has 4 heterocycles. The van der Waals surface area contributed by atoms with E-state index in [1.165, 1.54) is 0 Å². The van der Waals surface area contributed by atoms with E-state index in [1.54, 1.807) is 4.90 Å². The van der Waals surface area contributed by atoms with Crippen LogP contribution in [-0.4, -0.2) is 84.1 Å². The standard InChI is InChI=1S/C31H36ClFN6O2/c1-20-17-38(15-16-39(20)30(40)21(2)33)29-24-12-14-37(27-11-5-8-22-7-4-10-25(32)28(22)27)18-26(24)34-31(35-29)41-19-23-9-6-13-36(23)3/h4-5,7-8,10-11,20,23H,2,6,9,12-19H2,1,3H3. The average Bonchev–Trinajstić information content (AvgIpc) is 3.39. The molecule has 8 nitrogen and oxygen atoms in total. The lowest BCUT2D eigenvalue weighted by Gasteiger charge is -2.41. The maximum Gasteiger partial charge on any atom is 0.318 e. The molecule has 2 atom stereocenters. The van der Waals surface area contributed by atoms with Crippen LogP contribution >= 0.6 is 11.6 Å². The molecule has 2 unspecified atom stereocenters. The summed E-state index contributed by atoms with van der Waals surface area (Å²) < 4.78 is 19.9. The Morgan fingerprint density at radius 1 is 1.12 bits per heavy atom. The van der Waals surface area contributed by atoms with E-state index in [9.17, 15) is 9.18 Å². The van der Waals surface area contributed by atoms with Crippen molar-refractivity contribution in [2.24, 2.45) is 0 Å². The van der Waals surface area contributed by atoms with Gasteiger partial charge in [0.15, 0.2) is 5.83 Å². The number of rotatable bonds is 6. The van der Waals surface area contributed by atoms with Gasteiger partial charge in [0.25, 0.3) is 5.91 Å². The number of piperazine rings is 1. The molecule has 3 aliphatic heterocycles. The molecule has 41 heavy (non-hydrogen) atoms. The topological polar surface area (TPSA) is 65.0 Å². The molecule has 10 heteroatoms. The Balaban J connectivity index is 1.32. The summed E-state index contributed by atoms with van der Waals surface area (Å²) in [5.41, 5.74) is 3.12. The fourth-order valence-corrected chi connectivity index (χ4v) is 6.71. The molecule has 216 valence electrons. The number of hydrogen-bond acceptors (Lipinski definition) is 7. The Morgan fingerprint density at radius 2 is 1.93 bits per heavy atom. The predicted octanol–water partition coefficient (Wildman–Crippen LogP) is 4.84. The van der Waals surface area contributed by atoms with Gasteiger partial charge >= 0.3 is 6.01 Å². The number of benzene rings is 2. The number of fused-ring (bicyclic) bond motifs is 2. The molecule has 0 radical (unpaired) electrons. The number of hydrogen-bond donors (Lipinski definition) is 0. The average molecular weight is 579 g/mol. The summed E-state index contributed by atoms with van der Waals surface area (Å²) in [7, 11) is 2.13. The first-order valence-corrected chi connectivity index (χ1v) is 14.7. The summed E-state index contributed by atoms with van der Waals surface area (Å²) in [6, 6.07) is 12.8. The number of amides is 1. The normalized spacial score (nSPS) is 21.3. The monoisotopic (exact) mass is 578 g/mol. The van der Waals surface area contributed by atoms with Crippen molar-refractivity contribution >= 4 is 39.8 Å². The minimum Gasteiger partial charge on any atom is -0.462 e. The van der Waals surface area contributed by atoms with Gasteiger partial charge in [-0.05, 0) is 57.3 Å². The second-order valence-corrected chi connectivity index (χ2v) is 11.7. The van der Waals surface area contributed by atoms with E-state index in [2.05, 4.69) is 52.6 Å². The predicted molar refractivity (Wildman–Crippen MR) is 161 cm³/mol. The molecule has 2 fully saturated rings. The van der Waals surface area contributed by atoms with Gasteiger partial charge in [0.1, 0.15) is 12.4 Å². The minimum atomic E-state index is -0.925. The van der Waals surface area contributed by atoms with Crippen LogP contribution in [0.5, 0.6) is 6.01 Å². The van der Waals surface area contributed by atoms with Crippen LogP contribution in [0.15, 0.2) is 48.8 Å². The molecule has 0 spiro atoms. The van der Waals surface area contributed by atoms with Gasteiger partial charge in [0, 0.05) is 54.9 Å². The maximum absolute atomic E-state index is 13.6. The van der Waals surface area contributed by atoms with Crippen molar-refractivity contribution < 1.29 is 13.9 Å². The zero-order chi connectivity index (χ0) is 28.7. The van der Waals surface area contributed by atoms with Crippen LogP contribution in [0.3, 0.4) is 0 Å². The first-order valence-electron chi connectivity index (χ1n) is 14.4. The van der Waals surface area contributed by atoms with E-state index in [4.69, 9.17) is 26.3 Å². The van der Waals surface area contributed by atoms with Gasteiger partial charge in [-0.15, -0.1) is 0 Å². The zero-order valence-electron chi connectivity index (χ0n) is 23.7. The fraction of sp³-hybridized carbons (Fsp3) is 0.452. The minimum absolute atomic E-state index is 0.191.